The molecule has 1 aliphatic carbocycles. The lowest BCUT2D eigenvalue weighted by Gasteiger charge is -2.46. The summed E-state index contributed by atoms with van der Waals surface area (Å²) in [5.74, 6) is -1.44. The van der Waals surface area contributed by atoms with Crippen LogP contribution in [0.3, 0.4) is 0 Å². The highest BCUT2D eigenvalue weighted by atomic mass is 32.1. The summed E-state index contributed by atoms with van der Waals surface area (Å²) < 4.78 is 0. The Balaban J connectivity index is 1.93. The van der Waals surface area contributed by atoms with Crippen LogP contribution in [0.4, 0.5) is 0 Å². The van der Waals surface area contributed by atoms with Gasteiger partial charge in [0, 0.05) is 29.1 Å². The number of thiophene rings is 1. The average molecular weight is 332 g/mol. The lowest BCUT2D eigenvalue weighted by molar-refractivity contribution is -0.332. The Hall–Kier alpha value is -1.59. The van der Waals surface area contributed by atoms with Crippen molar-refractivity contribution in [2.24, 2.45) is 5.41 Å². The predicted molar refractivity (Wildman–Crippen MR) is 88.6 cm³/mol. The molecule has 0 amide bonds. The predicted octanol–water partition coefficient (Wildman–Crippen LogP) is 2.02. The Labute approximate surface area is 140 Å². The molecule has 0 spiro atoms. The van der Waals surface area contributed by atoms with E-state index in [0.717, 1.165) is 31.6 Å². The number of aliphatic hydroxyl groups is 1. The number of likely N-dealkylation sites (tertiary alicyclic amines) is 1. The monoisotopic (exact) mass is 332 g/mol. The van der Waals surface area contributed by atoms with E-state index in [1.54, 1.807) is 30.5 Å². The summed E-state index contributed by atoms with van der Waals surface area (Å²) in [5.41, 5.74) is -1.85. The van der Waals surface area contributed by atoms with Crippen molar-refractivity contribution in [3.05, 3.63) is 46.3 Å². The molecule has 2 heterocycles. The number of carbonyl (C=O) groups excluding carboxylic acids is 1. The molecule has 3 rings (SSSR count). The van der Waals surface area contributed by atoms with Gasteiger partial charge in [0.25, 0.3) is 0 Å². The van der Waals surface area contributed by atoms with Crippen molar-refractivity contribution in [1.29, 1.82) is 0 Å². The van der Waals surface area contributed by atoms with Gasteiger partial charge in [0.05, 0.1) is 5.97 Å². The maximum absolute atomic E-state index is 11.9. The third kappa shape index (κ3) is 2.72. The highest BCUT2D eigenvalue weighted by Crippen LogP contribution is 2.48. The molecular formula is C18H22NO3S-. The molecule has 1 aromatic rings. The van der Waals surface area contributed by atoms with Crippen LogP contribution in [0.5, 0.6) is 0 Å². The van der Waals surface area contributed by atoms with E-state index in [-0.39, 0.29) is 0 Å². The third-order valence-electron chi connectivity index (χ3n) is 5.06. The summed E-state index contributed by atoms with van der Waals surface area (Å²) in [6, 6.07) is 3.42. The fraction of sp³-hybridized carbons (Fsp3) is 0.500. The lowest BCUT2D eigenvalue weighted by Crippen LogP contribution is -2.56. The van der Waals surface area contributed by atoms with Gasteiger partial charge in [-0.2, -0.15) is 0 Å². The van der Waals surface area contributed by atoms with E-state index in [1.807, 2.05) is 12.2 Å². The van der Waals surface area contributed by atoms with Crippen LogP contribution in [-0.4, -0.2) is 29.1 Å². The van der Waals surface area contributed by atoms with E-state index in [2.05, 4.69) is 4.90 Å². The maximum atomic E-state index is 11.9. The van der Waals surface area contributed by atoms with Gasteiger partial charge >= 0.3 is 0 Å². The van der Waals surface area contributed by atoms with E-state index in [1.165, 1.54) is 17.8 Å². The number of allylic oxidation sites excluding steroid dienone is 3. The Morgan fingerprint density at radius 1 is 1.39 bits per heavy atom. The van der Waals surface area contributed by atoms with Gasteiger partial charge in [-0.25, -0.2) is 0 Å². The zero-order valence-corrected chi connectivity index (χ0v) is 14.1. The molecule has 0 aromatic carbocycles. The summed E-state index contributed by atoms with van der Waals surface area (Å²) in [4.78, 5) is 14.6. The minimum absolute atomic E-state index is 0.421. The zero-order chi connectivity index (χ0) is 16.5. The van der Waals surface area contributed by atoms with Gasteiger partial charge in [-0.3, -0.25) is 0 Å². The zero-order valence-electron chi connectivity index (χ0n) is 13.3. The molecule has 1 saturated heterocycles. The fourth-order valence-electron chi connectivity index (χ4n) is 3.61. The van der Waals surface area contributed by atoms with E-state index in [4.69, 9.17) is 0 Å². The van der Waals surface area contributed by atoms with Gasteiger partial charge < -0.3 is 19.9 Å². The number of carboxylic acids is 1. The summed E-state index contributed by atoms with van der Waals surface area (Å²) in [6.45, 7) is 3.80. The first-order valence-electron chi connectivity index (χ1n) is 8.08. The van der Waals surface area contributed by atoms with Crippen molar-refractivity contribution < 1.29 is 15.0 Å². The largest absolute Gasteiger partial charge is 0.547 e. The Morgan fingerprint density at radius 2 is 2.13 bits per heavy atom. The molecule has 2 atom stereocenters. The van der Waals surface area contributed by atoms with Crippen molar-refractivity contribution in [2.75, 3.05) is 13.1 Å². The summed E-state index contributed by atoms with van der Waals surface area (Å²) >= 11 is 1.25. The van der Waals surface area contributed by atoms with Crippen molar-refractivity contribution in [2.45, 2.75) is 38.2 Å². The quantitative estimate of drug-likeness (QED) is 0.916. The first-order chi connectivity index (χ1) is 11.0. The summed E-state index contributed by atoms with van der Waals surface area (Å²) in [6.07, 6.45) is 9.77. The summed E-state index contributed by atoms with van der Waals surface area (Å²) in [7, 11) is 0. The van der Waals surface area contributed by atoms with Gasteiger partial charge in [-0.05, 0) is 43.2 Å². The number of carboxylic acid groups (broad SMARTS) is 1. The van der Waals surface area contributed by atoms with Gasteiger partial charge in [0.2, 0.25) is 0 Å². The SMILES string of the molecule is CC1(C(O)(C(=O)[O-])c2cccs2)C=CC=C(N2CCCCC2)C1. The molecule has 0 saturated carbocycles. The van der Waals surface area contributed by atoms with Crippen LogP contribution >= 0.6 is 11.3 Å². The fourth-order valence-corrected chi connectivity index (χ4v) is 4.56. The third-order valence-corrected chi connectivity index (χ3v) is 6.04. The second-order valence-corrected chi connectivity index (χ2v) is 7.58. The first kappa shape index (κ1) is 16.3. The molecule has 1 N–H and O–H groups in total. The van der Waals surface area contributed by atoms with E-state index in [9.17, 15) is 15.0 Å². The van der Waals surface area contributed by atoms with Crippen molar-refractivity contribution in [3.8, 4) is 0 Å². The summed E-state index contributed by atoms with van der Waals surface area (Å²) in [5, 5.41) is 24.8. The van der Waals surface area contributed by atoms with Crippen molar-refractivity contribution in [1.82, 2.24) is 4.90 Å². The van der Waals surface area contributed by atoms with E-state index >= 15 is 0 Å². The van der Waals surface area contributed by atoms with E-state index < -0.39 is 17.0 Å². The van der Waals surface area contributed by atoms with Crippen LogP contribution in [0.1, 0.15) is 37.5 Å². The molecule has 2 unspecified atom stereocenters. The van der Waals surface area contributed by atoms with Gasteiger partial charge in [-0.1, -0.05) is 25.1 Å². The van der Waals surface area contributed by atoms with E-state index in [0.29, 0.717) is 11.3 Å². The highest BCUT2D eigenvalue weighted by molar-refractivity contribution is 7.10. The van der Waals surface area contributed by atoms with Crippen molar-refractivity contribution in [3.63, 3.8) is 0 Å². The number of hydrogen-bond acceptors (Lipinski definition) is 5. The Morgan fingerprint density at radius 3 is 2.74 bits per heavy atom. The maximum Gasteiger partial charge on any atom is 0.147 e. The van der Waals surface area contributed by atoms with Crippen LogP contribution in [0.15, 0.2) is 41.4 Å². The van der Waals surface area contributed by atoms with Crippen LogP contribution in [0, 0.1) is 5.41 Å². The first-order valence-corrected chi connectivity index (χ1v) is 8.96. The van der Waals surface area contributed by atoms with Gasteiger partial charge in [0.1, 0.15) is 5.60 Å². The number of piperidine rings is 1. The number of aliphatic carboxylic acids is 1. The molecule has 2 aliphatic rings. The standard InChI is InChI=1S/C18H23NO3S/c1-17(18(22,16(20)21)15-8-6-12-23-15)9-5-7-14(13-17)19-10-3-2-4-11-19/h5-9,12,22H,2-4,10-11,13H2,1H3,(H,20,21)/p-1. The van der Waals surface area contributed by atoms with Gasteiger partial charge in [-0.15, -0.1) is 11.3 Å². The highest BCUT2D eigenvalue weighted by Gasteiger charge is 2.50. The van der Waals surface area contributed by atoms with Gasteiger partial charge in [0.15, 0.2) is 0 Å². The molecule has 1 aliphatic heterocycles. The second kappa shape index (κ2) is 6.13. The molecule has 23 heavy (non-hydrogen) atoms. The molecule has 124 valence electrons. The number of carbonyl (C=O) groups is 1. The molecule has 1 aromatic heterocycles. The molecule has 5 heteroatoms. The molecule has 4 nitrogen and oxygen atoms in total. The smallest absolute Gasteiger partial charge is 0.147 e. The Kier molecular flexibility index (Phi) is 4.34. The minimum Gasteiger partial charge on any atom is -0.547 e. The van der Waals surface area contributed by atoms with Crippen LogP contribution in [0.25, 0.3) is 0 Å². The minimum atomic E-state index is -2.02. The lowest BCUT2D eigenvalue weighted by atomic mass is 9.67. The normalized spacial score (nSPS) is 27.4. The number of hydrogen-bond donors (Lipinski definition) is 1. The molecular weight excluding hydrogens is 310 g/mol. The molecule has 0 radical (unpaired) electrons. The average Bonchev–Trinajstić information content (AvgIpc) is 3.09. The van der Waals surface area contributed by atoms with Crippen LogP contribution in [0.2, 0.25) is 0 Å². The van der Waals surface area contributed by atoms with Crippen LogP contribution in [-0.2, 0) is 10.4 Å². The Bertz CT molecular complexity index is 631. The molecule has 0 bridgehead atoms. The number of nitrogens with zero attached hydrogens (tertiary/aromatic N) is 1. The second-order valence-electron chi connectivity index (χ2n) is 6.63. The topological polar surface area (TPSA) is 63.6 Å². The van der Waals surface area contributed by atoms with Crippen molar-refractivity contribution >= 4 is 17.3 Å². The van der Waals surface area contributed by atoms with Crippen LogP contribution < -0.4 is 5.11 Å². The molecule has 1 fully saturated rings. The number of rotatable bonds is 4.